The molecule has 0 unspecified atom stereocenters. The minimum atomic E-state index is -0.0550. The summed E-state index contributed by atoms with van der Waals surface area (Å²) in [4.78, 5) is 11.2. The van der Waals surface area contributed by atoms with Crippen LogP contribution in [0.1, 0.15) is 52.9 Å². The Bertz CT molecular complexity index is 183. The summed E-state index contributed by atoms with van der Waals surface area (Å²) >= 11 is 0. The zero-order valence-corrected chi connectivity index (χ0v) is 10.3. The Morgan fingerprint density at radius 3 is 2.67 bits per heavy atom. The van der Waals surface area contributed by atoms with Crippen molar-refractivity contribution in [1.82, 2.24) is 0 Å². The quantitative estimate of drug-likeness (QED) is 0.348. The van der Waals surface area contributed by atoms with Gasteiger partial charge in [-0.1, -0.05) is 32.9 Å². The molecule has 0 atom stereocenters. The molecule has 0 heterocycles. The highest BCUT2D eigenvalue weighted by Gasteiger charge is 2.02. The van der Waals surface area contributed by atoms with Crippen LogP contribution in [0, 0.1) is 5.92 Å². The van der Waals surface area contributed by atoms with E-state index in [2.05, 4.69) is 32.9 Å². The molecular formula is C13H24O2. The number of carbonyl (C=O) groups is 1. The Morgan fingerprint density at radius 2 is 2.07 bits per heavy atom. The van der Waals surface area contributed by atoms with Crippen LogP contribution < -0.4 is 0 Å². The molecule has 0 N–H and O–H groups in total. The lowest BCUT2D eigenvalue weighted by Crippen LogP contribution is -2.07. The van der Waals surface area contributed by atoms with Crippen LogP contribution in [0.25, 0.3) is 0 Å². The predicted molar refractivity (Wildman–Crippen MR) is 63.7 cm³/mol. The van der Waals surface area contributed by atoms with Crippen LogP contribution in [-0.2, 0) is 9.53 Å². The van der Waals surface area contributed by atoms with E-state index in [1.807, 2.05) is 0 Å². The van der Waals surface area contributed by atoms with Crippen LogP contribution >= 0.6 is 0 Å². The maximum absolute atomic E-state index is 11.2. The molecule has 0 aliphatic carbocycles. The molecule has 88 valence electrons. The molecule has 0 amide bonds. The molecule has 0 saturated heterocycles. The molecule has 0 bridgehead atoms. The second-order valence-corrected chi connectivity index (χ2v) is 4.17. The van der Waals surface area contributed by atoms with Crippen molar-refractivity contribution < 1.29 is 9.53 Å². The average Bonchev–Trinajstić information content (AvgIpc) is 2.17. The van der Waals surface area contributed by atoms with E-state index in [1.54, 1.807) is 0 Å². The van der Waals surface area contributed by atoms with Crippen molar-refractivity contribution in [2.24, 2.45) is 5.92 Å². The number of carbonyl (C=O) groups excluding carboxylic acids is 1. The van der Waals surface area contributed by atoms with Crippen molar-refractivity contribution in [3.05, 3.63) is 12.2 Å². The van der Waals surface area contributed by atoms with E-state index < -0.39 is 0 Å². The Kier molecular flexibility index (Phi) is 9.24. The lowest BCUT2D eigenvalue weighted by Gasteiger charge is -2.05. The predicted octanol–water partition coefficient (Wildman–Crippen LogP) is 3.71. The molecule has 0 radical (unpaired) electrons. The highest BCUT2D eigenvalue weighted by atomic mass is 16.5. The van der Waals surface area contributed by atoms with Gasteiger partial charge in [-0.3, -0.25) is 4.79 Å². The van der Waals surface area contributed by atoms with Crippen molar-refractivity contribution >= 4 is 5.97 Å². The number of allylic oxidation sites excluding steroid dienone is 2. The highest BCUT2D eigenvalue weighted by Crippen LogP contribution is 2.03. The Morgan fingerprint density at radius 1 is 1.33 bits per heavy atom. The summed E-state index contributed by atoms with van der Waals surface area (Å²) in [6.07, 6.45) is 8.71. The van der Waals surface area contributed by atoms with E-state index >= 15 is 0 Å². The number of esters is 1. The summed E-state index contributed by atoms with van der Waals surface area (Å²) in [6, 6.07) is 0. The van der Waals surface area contributed by atoms with Gasteiger partial charge in [0.15, 0.2) is 0 Å². The second kappa shape index (κ2) is 9.75. The molecule has 0 aliphatic rings. The Labute approximate surface area is 93.7 Å². The maximum atomic E-state index is 11.2. The minimum Gasteiger partial charge on any atom is -0.466 e. The van der Waals surface area contributed by atoms with E-state index in [-0.39, 0.29) is 5.97 Å². The van der Waals surface area contributed by atoms with Gasteiger partial charge in [-0.2, -0.15) is 0 Å². The third-order valence-electron chi connectivity index (χ3n) is 2.11. The average molecular weight is 212 g/mol. The van der Waals surface area contributed by atoms with Gasteiger partial charge in [0.2, 0.25) is 0 Å². The monoisotopic (exact) mass is 212 g/mol. The van der Waals surface area contributed by atoms with E-state index in [0.717, 1.165) is 25.7 Å². The smallest absolute Gasteiger partial charge is 0.305 e. The van der Waals surface area contributed by atoms with Gasteiger partial charge < -0.3 is 4.74 Å². The lowest BCUT2D eigenvalue weighted by atomic mass is 10.1. The molecule has 0 spiro atoms. The van der Waals surface area contributed by atoms with Crippen molar-refractivity contribution in [1.29, 1.82) is 0 Å². The standard InChI is InChI=1S/C13H24O2/c1-4-5-6-7-8-9-13(14)15-11-10-12(2)3/h5-6,12H,4,7-11H2,1-3H3. The summed E-state index contributed by atoms with van der Waals surface area (Å²) < 4.78 is 5.10. The van der Waals surface area contributed by atoms with Gasteiger partial charge >= 0.3 is 5.97 Å². The molecule has 0 aromatic heterocycles. The summed E-state index contributed by atoms with van der Waals surface area (Å²) in [5, 5.41) is 0. The molecule has 0 rings (SSSR count). The molecule has 0 aliphatic heterocycles. The molecule has 0 aromatic carbocycles. The van der Waals surface area contributed by atoms with E-state index in [0.29, 0.717) is 18.9 Å². The van der Waals surface area contributed by atoms with Crippen molar-refractivity contribution in [3.63, 3.8) is 0 Å². The summed E-state index contributed by atoms with van der Waals surface area (Å²) in [5.41, 5.74) is 0. The lowest BCUT2D eigenvalue weighted by molar-refractivity contribution is -0.144. The largest absolute Gasteiger partial charge is 0.466 e. The van der Waals surface area contributed by atoms with Gasteiger partial charge in [0, 0.05) is 6.42 Å². The van der Waals surface area contributed by atoms with Crippen LogP contribution in [0.4, 0.5) is 0 Å². The fraction of sp³-hybridized carbons (Fsp3) is 0.769. The van der Waals surface area contributed by atoms with Crippen molar-refractivity contribution in [2.45, 2.75) is 52.9 Å². The normalized spacial score (nSPS) is 11.2. The van der Waals surface area contributed by atoms with Crippen LogP contribution in [0.15, 0.2) is 12.2 Å². The summed E-state index contributed by atoms with van der Waals surface area (Å²) in [7, 11) is 0. The van der Waals surface area contributed by atoms with Gasteiger partial charge in [0.1, 0.15) is 0 Å². The first-order valence-electron chi connectivity index (χ1n) is 5.97. The van der Waals surface area contributed by atoms with E-state index in [1.165, 1.54) is 0 Å². The van der Waals surface area contributed by atoms with Crippen LogP contribution in [0.3, 0.4) is 0 Å². The first-order valence-corrected chi connectivity index (χ1v) is 5.97. The Hall–Kier alpha value is -0.790. The van der Waals surface area contributed by atoms with E-state index in [4.69, 9.17) is 4.74 Å². The zero-order chi connectivity index (χ0) is 11.5. The molecule has 2 nitrogen and oxygen atoms in total. The fourth-order valence-electron chi connectivity index (χ4n) is 1.13. The SMILES string of the molecule is CCC=CCCCC(=O)OCCC(C)C. The molecule has 15 heavy (non-hydrogen) atoms. The summed E-state index contributed by atoms with van der Waals surface area (Å²) in [5.74, 6) is 0.547. The number of hydrogen-bond donors (Lipinski definition) is 0. The maximum Gasteiger partial charge on any atom is 0.305 e. The minimum absolute atomic E-state index is 0.0550. The highest BCUT2D eigenvalue weighted by molar-refractivity contribution is 5.69. The first-order chi connectivity index (χ1) is 7.16. The summed E-state index contributed by atoms with van der Waals surface area (Å²) in [6.45, 7) is 6.94. The fourth-order valence-corrected chi connectivity index (χ4v) is 1.13. The molecular weight excluding hydrogens is 188 g/mol. The molecule has 0 fully saturated rings. The van der Waals surface area contributed by atoms with Gasteiger partial charge in [-0.25, -0.2) is 0 Å². The van der Waals surface area contributed by atoms with Crippen molar-refractivity contribution in [3.8, 4) is 0 Å². The van der Waals surface area contributed by atoms with Crippen LogP contribution in [0.5, 0.6) is 0 Å². The number of ether oxygens (including phenoxy) is 1. The third-order valence-corrected chi connectivity index (χ3v) is 2.11. The topological polar surface area (TPSA) is 26.3 Å². The number of hydrogen-bond acceptors (Lipinski definition) is 2. The van der Waals surface area contributed by atoms with Crippen LogP contribution in [-0.4, -0.2) is 12.6 Å². The van der Waals surface area contributed by atoms with Gasteiger partial charge in [0.05, 0.1) is 6.61 Å². The van der Waals surface area contributed by atoms with Gasteiger partial charge in [0.25, 0.3) is 0 Å². The van der Waals surface area contributed by atoms with Crippen molar-refractivity contribution in [2.75, 3.05) is 6.61 Å². The van der Waals surface area contributed by atoms with E-state index in [9.17, 15) is 4.79 Å². The molecule has 2 heteroatoms. The first kappa shape index (κ1) is 14.2. The Balaban J connectivity index is 3.30. The zero-order valence-electron chi connectivity index (χ0n) is 10.3. The number of rotatable bonds is 8. The second-order valence-electron chi connectivity index (χ2n) is 4.17. The third kappa shape index (κ3) is 11.1. The molecule has 0 aromatic rings. The number of unbranched alkanes of at least 4 members (excludes halogenated alkanes) is 1. The van der Waals surface area contributed by atoms with Crippen LogP contribution in [0.2, 0.25) is 0 Å². The van der Waals surface area contributed by atoms with Gasteiger partial charge in [-0.15, -0.1) is 0 Å². The molecule has 0 saturated carbocycles. The van der Waals surface area contributed by atoms with Gasteiger partial charge in [-0.05, 0) is 31.6 Å².